The van der Waals surface area contributed by atoms with Crippen LogP contribution >= 0.6 is 15.9 Å². The number of halogens is 1. The molecule has 0 heterocycles. The predicted octanol–water partition coefficient (Wildman–Crippen LogP) is 3.05. The Balaban J connectivity index is 2.18. The highest BCUT2D eigenvalue weighted by Crippen LogP contribution is 2.20. The topological polar surface area (TPSA) is 61.4 Å². The quantitative estimate of drug-likeness (QED) is 0.667. The fraction of sp³-hybridized carbons (Fsp3) is 0.533. The third kappa shape index (κ3) is 6.91. The number of urea groups is 1. The molecule has 0 radical (unpaired) electrons. The molecule has 112 valence electrons. The minimum absolute atomic E-state index is 0.0749. The Labute approximate surface area is 129 Å². The fourth-order valence-electron chi connectivity index (χ4n) is 1.74. The van der Waals surface area contributed by atoms with Crippen LogP contribution in [0.25, 0.3) is 0 Å². The molecular weight excluding hydrogens is 320 g/mol. The van der Waals surface area contributed by atoms with Crippen molar-refractivity contribution in [2.45, 2.75) is 33.2 Å². The smallest absolute Gasteiger partial charge is 0.315 e. The van der Waals surface area contributed by atoms with Gasteiger partial charge in [-0.15, -0.1) is 0 Å². The maximum Gasteiger partial charge on any atom is 0.315 e. The number of hydrogen-bond acceptors (Lipinski definition) is 2. The second-order valence-electron chi connectivity index (χ2n) is 5.67. The molecule has 0 aliphatic carbocycles. The second kappa shape index (κ2) is 8.27. The van der Waals surface area contributed by atoms with E-state index in [1.165, 1.54) is 0 Å². The molecule has 5 heteroatoms. The first-order chi connectivity index (χ1) is 9.43. The van der Waals surface area contributed by atoms with Gasteiger partial charge < -0.3 is 15.7 Å². The Bertz CT molecular complexity index is 436. The van der Waals surface area contributed by atoms with E-state index < -0.39 is 0 Å². The van der Waals surface area contributed by atoms with Crippen LogP contribution in [0.15, 0.2) is 28.7 Å². The third-order valence-corrected chi connectivity index (χ3v) is 3.58. The minimum Gasteiger partial charge on any atom is -0.396 e. The zero-order valence-corrected chi connectivity index (χ0v) is 13.7. The normalized spacial score (nSPS) is 11.2. The molecule has 0 saturated heterocycles. The number of hydrogen-bond donors (Lipinski definition) is 3. The summed E-state index contributed by atoms with van der Waals surface area (Å²) in [7, 11) is 0. The van der Waals surface area contributed by atoms with E-state index in [1.807, 2.05) is 38.1 Å². The van der Waals surface area contributed by atoms with Gasteiger partial charge in [0, 0.05) is 24.2 Å². The molecule has 0 aliphatic rings. The molecule has 1 rings (SSSR count). The SMILES string of the molecule is CC(C)(CO)CCCNC(=O)NCc1cccc(Br)c1. The molecule has 1 aromatic carbocycles. The lowest BCUT2D eigenvalue weighted by Crippen LogP contribution is -2.36. The Morgan fingerprint density at radius 3 is 2.75 bits per heavy atom. The van der Waals surface area contributed by atoms with Crippen LogP contribution in [0.2, 0.25) is 0 Å². The van der Waals surface area contributed by atoms with Crippen LogP contribution in [0.1, 0.15) is 32.3 Å². The van der Waals surface area contributed by atoms with Gasteiger partial charge >= 0.3 is 6.03 Å². The number of benzene rings is 1. The van der Waals surface area contributed by atoms with Gasteiger partial charge in [-0.1, -0.05) is 41.9 Å². The van der Waals surface area contributed by atoms with E-state index in [2.05, 4.69) is 26.6 Å². The number of carbonyl (C=O) groups excluding carboxylic acids is 1. The fourth-order valence-corrected chi connectivity index (χ4v) is 2.19. The summed E-state index contributed by atoms with van der Waals surface area (Å²) in [5.74, 6) is 0. The molecule has 0 bridgehead atoms. The van der Waals surface area contributed by atoms with Gasteiger partial charge in [-0.3, -0.25) is 0 Å². The number of nitrogens with one attached hydrogen (secondary N) is 2. The highest BCUT2D eigenvalue weighted by Gasteiger charge is 2.15. The van der Waals surface area contributed by atoms with Crippen molar-refractivity contribution in [1.29, 1.82) is 0 Å². The molecule has 0 atom stereocenters. The molecule has 4 nitrogen and oxygen atoms in total. The van der Waals surface area contributed by atoms with Crippen molar-refractivity contribution in [1.82, 2.24) is 10.6 Å². The first-order valence-corrected chi connectivity index (χ1v) is 7.59. The molecule has 1 aromatic rings. The van der Waals surface area contributed by atoms with Gasteiger partial charge in [0.2, 0.25) is 0 Å². The van der Waals surface area contributed by atoms with E-state index in [1.54, 1.807) is 0 Å². The molecule has 0 fully saturated rings. The largest absolute Gasteiger partial charge is 0.396 e. The molecule has 0 unspecified atom stereocenters. The molecule has 0 saturated carbocycles. The summed E-state index contributed by atoms with van der Waals surface area (Å²) in [6.07, 6.45) is 1.74. The maximum atomic E-state index is 11.6. The molecule has 0 aromatic heterocycles. The van der Waals surface area contributed by atoms with Crippen LogP contribution in [-0.4, -0.2) is 24.3 Å². The van der Waals surface area contributed by atoms with Gasteiger partial charge in [-0.2, -0.15) is 0 Å². The Kier molecular flexibility index (Phi) is 7.02. The first-order valence-electron chi connectivity index (χ1n) is 6.80. The van der Waals surface area contributed by atoms with Crippen LogP contribution in [0, 0.1) is 5.41 Å². The van der Waals surface area contributed by atoms with Crippen molar-refractivity contribution in [2.75, 3.05) is 13.2 Å². The molecular formula is C15H23BrN2O2. The lowest BCUT2D eigenvalue weighted by Gasteiger charge is -2.21. The molecule has 2 amide bonds. The Hall–Kier alpha value is -1.07. The second-order valence-corrected chi connectivity index (χ2v) is 6.58. The lowest BCUT2D eigenvalue weighted by atomic mass is 9.89. The average Bonchev–Trinajstić information content (AvgIpc) is 2.41. The lowest BCUT2D eigenvalue weighted by molar-refractivity contribution is 0.148. The number of carbonyl (C=O) groups is 1. The van der Waals surface area contributed by atoms with Crippen molar-refractivity contribution < 1.29 is 9.90 Å². The Morgan fingerprint density at radius 1 is 1.35 bits per heavy atom. The summed E-state index contributed by atoms with van der Waals surface area (Å²) >= 11 is 3.40. The summed E-state index contributed by atoms with van der Waals surface area (Å²) in [6.45, 7) is 5.32. The highest BCUT2D eigenvalue weighted by molar-refractivity contribution is 9.10. The van der Waals surface area contributed by atoms with Crippen molar-refractivity contribution >= 4 is 22.0 Å². The average molecular weight is 343 g/mol. The summed E-state index contributed by atoms with van der Waals surface area (Å²) in [5.41, 5.74) is 0.977. The van der Waals surface area contributed by atoms with E-state index in [-0.39, 0.29) is 18.1 Å². The van der Waals surface area contributed by atoms with Crippen LogP contribution in [0.5, 0.6) is 0 Å². The van der Waals surface area contributed by atoms with E-state index in [9.17, 15) is 4.79 Å². The van der Waals surface area contributed by atoms with Crippen molar-refractivity contribution in [2.24, 2.45) is 5.41 Å². The number of rotatable bonds is 7. The van der Waals surface area contributed by atoms with Crippen LogP contribution in [0.4, 0.5) is 4.79 Å². The van der Waals surface area contributed by atoms with E-state index >= 15 is 0 Å². The van der Waals surface area contributed by atoms with Gasteiger partial charge in [-0.05, 0) is 36.0 Å². The van der Waals surface area contributed by atoms with E-state index in [4.69, 9.17) is 5.11 Å². The van der Waals surface area contributed by atoms with Crippen LogP contribution in [0.3, 0.4) is 0 Å². The number of amides is 2. The number of aliphatic hydroxyl groups excluding tert-OH is 1. The number of aliphatic hydroxyl groups is 1. The zero-order valence-electron chi connectivity index (χ0n) is 12.1. The van der Waals surface area contributed by atoms with Gasteiger partial charge in [0.1, 0.15) is 0 Å². The van der Waals surface area contributed by atoms with Crippen molar-refractivity contribution in [3.05, 3.63) is 34.3 Å². The van der Waals surface area contributed by atoms with E-state index in [0.717, 1.165) is 22.9 Å². The molecule has 3 N–H and O–H groups in total. The van der Waals surface area contributed by atoms with Gasteiger partial charge in [0.05, 0.1) is 0 Å². The van der Waals surface area contributed by atoms with Gasteiger partial charge in [0.25, 0.3) is 0 Å². The van der Waals surface area contributed by atoms with Gasteiger partial charge in [0.15, 0.2) is 0 Å². The summed E-state index contributed by atoms with van der Waals surface area (Å²) < 4.78 is 1.00. The van der Waals surface area contributed by atoms with Crippen LogP contribution < -0.4 is 10.6 Å². The Morgan fingerprint density at radius 2 is 2.10 bits per heavy atom. The molecule has 20 heavy (non-hydrogen) atoms. The zero-order chi connectivity index (χ0) is 15.0. The predicted molar refractivity (Wildman–Crippen MR) is 84.5 cm³/mol. The van der Waals surface area contributed by atoms with Crippen LogP contribution in [-0.2, 0) is 6.54 Å². The standard InChI is InChI=1S/C15H23BrN2O2/c1-15(2,11-19)7-4-8-17-14(20)18-10-12-5-3-6-13(16)9-12/h3,5-6,9,19H,4,7-8,10-11H2,1-2H3,(H2,17,18,20). The third-order valence-electron chi connectivity index (χ3n) is 3.09. The van der Waals surface area contributed by atoms with Crippen molar-refractivity contribution in [3.8, 4) is 0 Å². The maximum absolute atomic E-state index is 11.6. The highest BCUT2D eigenvalue weighted by atomic mass is 79.9. The summed E-state index contributed by atoms with van der Waals surface area (Å²) in [6, 6.07) is 7.67. The van der Waals surface area contributed by atoms with Gasteiger partial charge in [-0.25, -0.2) is 4.79 Å². The summed E-state index contributed by atoms with van der Waals surface area (Å²) in [5, 5.41) is 14.8. The summed E-state index contributed by atoms with van der Waals surface area (Å²) in [4.78, 5) is 11.6. The molecule has 0 aliphatic heterocycles. The van der Waals surface area contributed by atoms with Crippen molar-refractivity contribution in [3.63, 3.8) is 0 Å². The first kappa shape index (κ1) is 17.0. The monoisotopic (exact) mass is 342 g/mol. The molecule has 0 spiro atoms. The van der Waals surface area contributed by atoms with E-state index in [0.29, 0.717) is 13.1 Å². The minimum atomic E-state index is -0.160.